The lowest BCUT2D eigenvalue weighted by molar-refractivity contribution is -0.132. The van der Waals surface area contributed by atoms with Gasteiger partial charge in [-0.1, -0.05) is 0 Å². The molecule has 2 aromatic heterocycles. The molecular weight excluding hydrogens is 308 g/mol. The van der Waals surface area contributed by atoms with Gasteiger partial charge in [0.05, 0.1) is 6.20 Å². The van der Waals surface area contributed by atoms with Gasteiger partial charge in [0.2, 0.25) is 5.91 Å². The standard InChI is InChI=1S/C16H22N6O2/c1-11(23)22-9-3-2-4-12(22)5-7-18-16(24)21-14-10-19-15-13(20-14)6-8-17-15/h6,8,10,12H,2-5,7,9H2,1H3,(H,17,19)(H2,18,20,21,24). The Balaban J connectivity index is 1.47. The van der Waals surface area contributed by atoms with Crippen LogP contribution in [-0.4, -0.2) is 50.9 Å². The number of carbonyl (C=O) groups excluding carboxylic acids is 2. The first-order chi connectivity index (χ1) is 11.6. The molecule has 128 valence electrons. The number of likely N-dealkylation sites (tertiary alicyclic amines) is 1. The first-order valence-corrected chi connectivity index (χ1v) is 8.25. The van der Waals surface area contributed by atoms with Gasteiger partial charge in [0, 0.05) is 32.3 Å². The maximum absolute atomic E-state index is 12.0. The third-order valence-electron chi connectivity index (χ3n) is 4.30. The molecule has 1 saturated heterocycles. The molecule has 3 rings (SSSR count). The summed E-state index contributed by atoms with van der Waals surface area (Å²) in [6.45, 7) is 2.94. The molecule has 1 aliphatic heterocycles. The fraction of sp³-hybridized carbons (Fsp3) is 0.500. The van der Waals surface area contributed by atoms with Crippen LogP contribution in [0, 0.1) is 0 Å². The molecule has 0 aliphatic carbocycles. The van der Waals surface area contributed by atoms with Gasteiger partial charge in [-0.15, -0.1) is 0 Å². The monoisotopic (exact) mass is 330 g/mol. The Morgan fingerprint density at radius 2 is 2.29 bits per heavy atom. The molecule has 0 aromatic carbocycles. The van der Waals surface area contributed by atoms with E-state index in [2.05, 4.69) is 25.6 Å². The topological polar surface area (TPSA) is 103 Å². The molecule has 1 atom stereocenters. The van der Waals surface area contributed by atoms with Crippen molar-refractivity contribution in [3.05, 3.63) is 18.5 Å². The Morgan fingerprint density at radius 3 is 3.12 bits per heavy atom. The Bertz CT molecular complexity index is 728. The van der Waals surface area contributed by atoms with Gasteiger partial charge >= 0.3 is 6.03 Å². The smallest absolute Gasteiger partial charge is 0.320 e. The van der Waals surface area contributed by atoms with E-state index in [1.54, 1.807) is 19.2 Å². The second-order valence-electron chi connectivity index (χ2n) is 6.00. The van der Waals surface area contributed by atoms with E-state index < -0.39 is 0 Å². The minimum Gasteiger partial charge on any atom is -0.345 e. The fourth-order valence-corrected chi connectivity index (χ4v) is 3.12. The largest absolute Gasteiger partial charge is 0.345 e. The lowest BCUT2D eigenvalue weighted by atomic mass is 9.99. The van der Waals surface area contributed by atoms with E-state index >= 15 is 0 Å². The van der Waals surface area contributed by atoms with Crippen LogP contribution >= 0.6 is 0 Å². The number of H-pyrrole nitrogens is 1. The van der Waals surface area contributed by atoms with Crippen molar-refractivity contribution in [2.45, 2.75) is 38.6 Å². The Labute approximate surface area is 140 Å². The number of aromatic amines is 1. The molecule has 8 nitrogen and oxygen atoms in total. The van der Waals surface area contributed by atoms with Crippen molar-refractivity contribution in [3.63, 3.8) is 0 Å². The summed E-state index contributed by atoms with van der Waals surface area (Å²) in [6, 6.07) is 1.70. The summed E-state index contributed by atoms with van der Waals surface area (Å²) in [4.78, 5) is 36.9. The summed E-state index contributed by atoms with van der Waals surface area (Å²) in [5.74, 6) is 0.516. The molecule has 1 aliphatic rings. The summed E-state index contributed by atoms with van der Waals surface area (Å²) >= 11 is 0. The fourth-order valence-electron chi connectivity index (χ4n) is 3.12. The number of carbonyl (C=O) groups is 2. The second-order valence-corrected chi connectivity index (χ2v) is 6.00. The Kier molecular flexibility index (Phi) is 4.93. The van der Waals surface area contributed by atoms with Gasteiger partial charge in [-0.05, 0) is 31.7 Å². The first-order valence-electron chi connectivity index (χ1n) is 8.25. The maximum Gasteiger partial charge on any atom is 0.320 e. The molecule has 8 heteroatoms. The third kappa shape index (κ3) is 3.81. The van der Waals surface area contributed by atoms with Crippen LogP contribution in [0.25, 0.3) is 11.2 Å². The molecule has 0 radical (unpaired) electrons. The number of urea groups is 1. The van der Waals surface area contributed by atoms with Crippen LogP contribution in [0.1, 0.15) is 32.6 Å². The predicted octanol–water partition coefficient (Wildman–Crippen LogP) is 1.87. The molecular formula is C16H22N6O2. The van der Waals surface area contributed by atoms with Gasteiger partial charge in [0.15, 0.2) is 11.5 Å². The van der Waals surface area contributed by atoms with Gasteiger partial charge in [0.25, 0.3) is 0 Å². The van der Waals surface area contributed by atoms with Crippen LogP contribution in [0.3, 0.4) is 0 Å². The average Bonchev–Trinajstić information content (AvgIpc) is 3.03. The molecule has 0 saturated carbocycles. The van der Waals surface area contributed by atoms with E-state index in [4.69, 9.17) is 0 Å². The van der Waals surface area contributed by atoms with Crippen molar-refractivity contribution in [2.24, 2.45) is 0 Å². The van der Waals surface area contributed by atoms with Gasteiger partial charge < -0.3 is 15.2 Å². The zero-order chi connectivity index (χ0) is 16.9. The number of anilines is 1. The molecule has 0 spiro atoms. The van der Waals surface area contributed by atoms with Crippen LogP contribution in [0.5, 0.6) is 0 Å². The summed E-state index contributed by atoms with van der Waals surface area (Å²) in [5.41, 5.74) is 1.38. The summed E-state index contributed by atoms with van der Waals surface area (Å²) in [5, 5.41) is 5.49. The second kappa shape index (κ2) is 7.29. The first kappa shape index (κ1) is 16.2. The molecule has 3 amide bonds. The van der Waals surface area contributed by atoms with Crippen molar-refractivity contribution in [2.75, 3.05) is 18.4 Å². The number of nitrogens with zero attached hydrogens (tertiary/aromatic N) is 3. The predicted molar refractivity (Wildman–Crippen MR) is 90.6 cm³/mol. The van der Waals surface area contributed by atoms with Crippen LogP contribution in [0.4, 0.5) is 10.6 Å². The average molecular weight is 330 g/mol. The van der Waals surface area contributed by atoms with E-state index in [9.17, 15) is 9.59 Å². The molecule has 3 heterocycles. The highest BCUT2D eigenvalue weighted by molar-refractivity contribution is 5.89. The highest BCUT2D eigenvalue weighted by Crippen LogP contribution is 2.19. The summed E-state index contributed by atoms with van der Waals surface area (Å²) in [7, 11) is 0. The lowest BCUT2D eigenvalue weighted by Crippen LogP contribution is -2.44. The summed E-state index contributed by atoms with van der Waals surface area (Å²) in [6.07, 6.45) is 7.21. The third-order valence-corrected chi connectivity index (χ3v) is 4.30. The van der Waals surface area contributed by atoms with Crippen molar-refractivity contribution in [1.29, 1.82) is 0 Å². The number of piperidine rings is 1. The van der Waals surface area contributed by atoms with Crippen LogP contribution in [0.2, 0.25) is 0 Å². The van der Waals surface area contributed by atoms with Crippen LogP contribution < -0.4 is 10.6 Å². The van der Waals surface area contributed by atoms with Gasteiger partial charge in [-0.2, -0.15) is 0 Å². The Hall–Kier alpha value is -2.64. The van der Waals surface area contributed by atoms with E-state index in [1.807, 2.05) is 4.90 Å². The number of rotatable bonds is 4. The minimum absolute atomic E-state index is 0.110. The quantitative estimate of drug-likeness (QED) is 0.796. The van der Waals surface area contributed by atoms with Crippen molar-refractivity contribution >= 4 is 28.9 Å². The number of nitrogens with one attached hydrogen (secondary N) is 3. The highest BCUT2D eigenvalue weighted by Gasteiger charge is 2.23. The minimum atomic E-state index is -0.315. The number of hydrogen-bond acceptors (Lipinski definition) is 4. The van der Waals surface area contributed by atoms with Crippen LogP contribution in [-0.2, 0) is 4.79 Å². The van der Waals surface area contributed by atoms with Gasteiger partial charge in [-0.3, -0.25) is 10.1 Å². The summed E-state index contributed by atoms with van der Waals surface area (Å²) < 4.78 is 0. The highest BCUT2D eigenvalue weighted by atomic mass is 16.2. The molecule has 0 bridgehead atoms. The molecule has 3 N–H and O–H groups in total. The number of fused-ring (bicyclic) bond motifs is 1. The molecule has 24 heavy (non-hydrogen) atoms. The SMILES string of the molecule is CC(=O)N1CCCCC1CCNC(=O)Nc1cnc2[nH]ccc2n1. The maximum atomic E-state index is 12.0. The number of aromatic nitrogens is 3. The molecule has 1 unspecified atom stereocenters. The zero-order valence-corrected chi connectivity index (χ0v) is 13.7. The lowest BCUT2D eigenvalue weighted by Gasteiger charge is -2.35. The van der Waals surface area contributed by atoms with E-state index in [-0.39, 0.29) is 18.0 Å². The normalized spacial score (nSPS) is 17.7. The Morgan fingerprint density at radius 1 is 1.42 bits per heavy atom. The van der Waals surface area contributed by atoms with E-state index in [1.165, 1.54) is 6.20 Å². The van der Waals surface area contributed by atoms with Crippen LogP contribution in [0.15, 0.2) is 18.5 Å². The molecule has 1 fully saturated rings. The van der Waals surface area contributed by atoms with Gasteiger partial charge in [-0.25, -0.2) is 14.8 Å². The zero-order valence-electron chi connectivity index (χ0n) is 13.7. The number of hydrogen-bond donors (Lipinski definition) is 3. The van der Waals surface area contributed by atoms with Crippen molar-refractivity contribution in [1.82, 2.24) is 25.2 Å². The van der Waals surface area contributed by atoms with Crippen molar-refractivity contribution in [3.8, 4) is 0 Å². The number of amides is 3. The van der Waals surface area contributed by atoms with Gasteiger partial charge in [0.1, 0.15) is 5.52 Å². The van der Waals surface area contributed by atoms with Crippen molar-refractivity contribution < 1.29 is 9.59 Å². The van der Waals surface area contributed by atoms with E-state index in [0.717, 1.165) is 32.2 Å². The molecule has 2 aromatic rings. The van der Waals surface area contributed by atoms with E-state index in [0.29, 0.717) is 23.5 Å².